The molecule has 0 saturated heterocycles. The molecular formula is C10H19N3OS. The van der Waals surface area contributed by atoms with E-state index in [0.717, 1.165) is 12.2 Å². The molecule has 1 atom stereocenters. The van der Waals surface area contributed by atoms with Gasteiger partial charge in [-0.2, -0.15) is 0 Å². The summed E-state index contributed by atoms with van der Waals surface area (Å²) in [6.45, 7) is 9.40. The number of aromatic nitrogens is 2. The molecule has 0 aliphatic carbocycles. The molecule has 0 aliphatic rings. The zero-order chi connectivity index (χ0) is 11.5. The van der Waals surface area contributed by atoms with Crippen LogP contribution in [0.15, 0.2) is 12.5 Å². The van der Waals surface area contributed by atoms with Crippen LogP contribution in [0.5, 0.6) is 0 Å². The zero-order valence-electron chi connectivity index (χ0n) is 9.78. The van der Waals surface area contributed by atoms with Gasteiger partial charge in [0, 0.05) is 24.1 Å². The molecule has 0 fully saturated rings. The Hall–Kier alpha value is -0.520. The number of aryl methyl sites for hydroxylation is 1. The van der Waals surface area contributed by atoms with Crippen LogP contribution in [-0.2, 0) is 24.5 Å². The molecule has 1 rings (SSSR count). The first-order valence-corrected chi connectivity index (χ1v) is 6.24. The topological polar surface area (TPSA) is 52.9 Å². The van der Waals surface area contributed by atoms with Crippen molar-refractivity contribution in [2.45, 2.75) is 45.5 Å². The van der Waals surface area contributed by atoms with Gasteiger partial charge in [-0.3, -0.25) is 0 Å². The minimum atomic E-state index is -1.02. The maximum absolute atomic E-state index is 11.7. The molecular weight excluding hydrogens is 210 g/mol. The minimum Gasteiger partial charge on any atom is -0.598 e. The van der Waals surface area contributed by atoms with Gasteiger partial charge >= 0.3 is 0 Å². The third-order valence-corrected chi connectivity index (χ3v) is 3.60. The lowest BCUT2D eigenvalue weighted by Gasteiger charge is -2.23. The van der Waals surface area contributed by atoms with Crippen LogP contribution in [0.4, 0.5) is 0 Å². The van der Waals surface area contributed by atoms with Gasteiger partial charge in [0.15, 0.2) is 0 Å². The summed E-state index contributed by atoms with van der Waals surface area (Å²) < 4.78 is 16.6. The summed E-state index contributed by atoms with van der Waals surface area (Å²) in [4.78, 5) is 4.06. The van der Waals surface area contributed by atoms with Crippen molar-refractivity contribution in [3.63, 3.8) is 0 Å². The molecule has 0 aliphatic heterocycles. The molecule has 86 valence electrons. The van der Waals surface area contributed by atoms with Crippen molar-refractivity contribution in [2.75, 3.05) is 0 Å². The number of imidazole rings is 1. The van der Waals surface area contributed by atoms with Gasteiger partial charge in [-0.05, 0) is 27.7 Å². The van der Waals surface area contributed by atoms with Crippen molar-refractivity contribution in [2.24, 2.45) is 0 Å². The lowest BCUT2D eigenvalue weighted by molar-refractivity contribution is 0.541. The first kappa shape index (κ1) is 12.5. The van der Waals surface area contributed by atoms with Gasteiger partial charge in [0.25, 0.3) is 0 Å². The van der Waals surface area contributed by atoms with Gasteiger partial charge in [-0.1, -0.05) is 0 Å². The average molecular weight is 229 g/mol. The number of nitrogens with one attached hydrogen (secondary N) is 1. The van der Waals surface area contributed by atoms with Crippen LogP contribution in [0.3, 0.4) is 0 Å². The second-order valence-electron chi connectivity index (χ2n) is 4.37. The van der Waals surface area contributed by atoms with E-state index in [4.69, 9.17) is 0 Å². The molecule has 0 radical (unpaired) electrons. The van der Waals surface area contributed by atoms with Gasteiger partial charge in [0.2, 0.25) is 0 Å². The van der Waals surface area contributed by atoms with Crippen LogP contribution in [0.2, 0.25) is 0 Å². The highest BCUT2D eigenvalue weighted by atomic mass is 32.2. The van der Waals surface area contributed by atoms with Crippen molar-refractivity contribution < 1.29 is 4.55 Å². The van der Waals surface area contributed by atoms with Crippen LogP contribution in [0.1, 0.15) is 33.4 Å². The Morgan fingerprint density at radius 1 is 1.53 bits per heavy atom. The number of hydrogen-bond acceptors (Lipinski definition) is 3. The van der Waals surface area contributed by atoms with Crippen molar-refractivity contribution in [3.05, 3.63) is 18.2 Å². The van der Waals surface area contributed by atoms with Gasteiger partial charge in [0.05, 0.1) is 18.6 Å². The highest BCUT2D eigenvalue weighted by molar-refractivity contribution is 7.90. The first-order chi connectivity index (χ1) is 6.95. The van der Waals surface area contributed by atoms with Crippen molar-refractivity contribution >= 4 is 11.4 Å². The molecule has 15 heavy (non-hydrogen) atoms. The van der Waals surface area contributed by atoms with Gasteiger partial charge < -0.3 is 9.12 Å². The maximum atomic E-state index is 11.7. The molecule has 4 nitrogen and oxygen atoms in total. The zero-order valence-corrected chi connectivity index (χ0v) is 10.6. The fourth-order valence-corrected chi connectivity index (χ4v) is 1.85. The first-order valence-electron chi connectivity index (χ1n) is 5.09. The van der Waals surface area contributed by atoms with Gasteiger partial charge in [0.1, 0.15) is 4.75 Å². The maximum Gasteiger partial charge on any atom is 0.136 e. The summed E-state index contributed by atoms with van der Waals surface area (Å²) in [5.74, 6) is 0. The van der Waals surface area contributed by atoms with Crippen molar-refractivity contribution in [3.8, 4) is 0 Å². The Balaban J connectivity index is 2.50. The van der Waals surface area contributed by atoms with Gasteiger partial charge in [-0.25, -0.2) is 4.98 Å². The minimum absolute atomic E-state index is 0.225. The fourth-order valence-electron chi connectivity index (χ4n) is 1.14. The van der Waals surface area contributed by atoms with E-state index in [1.54, 1.807) is 12.5 Å². The highest BCUT2D eigenvalue weighted by Crippen LogP contribution is 2.13. The summed E-state index contributed by atoms with van der Waals surface area (Å²) in [5, 5.41) is 0. The van der Waals surface area contributed by atoms with E-state index in [-0.39, 0.29) is 4.75 Å². The predicted octanol–water partition coefficient (Wildman–Crippen LogP) is 1.45. The van der Waals surface area contributed by atoms with Crippen LogP contribution in [0, 0.1) is 0 Å². The normalized spacial score (nSPS) is 14.2. The molecule has 0 amide bonds. The van der Waals surface area contributed by atoms with E-state index >= 15 is 0 Å². The molecule has 1 unspecified atom stereocenters. The monoisotopic (exact) mass is 229 g/mol. The summed E-state index contributed by atoms with van der Waals surface area (Å²) in [6, 6.07) is 0. The summed E-state index contributed by atoms with van der Waals surface area (Å²) in [7, 11) is 0. The summed E-state index contributed by atoms with van der Waals surface area (Å²) in [6.07, 6.45) is 3.59. The standard InChI is InChI=1S/C10H19N3OS/c1-5-13-8-11-6-9(13)7-12-15(14)10(2,3)4/h6,8,12H,5,7H2,1-4H3. The quantitative estimate of drug-likeness (QED) is 0.795. The lowest BCUT2D eigenvalue weighted by Crippen LogP contribution is -2.39. The second-order valence-corrected chi connectivity index (χ2v) is 6.42. The van der Waals surface area contributed by atoms with Crippen molar-refractivity contribution in [1.82, 2.24) is 14.3 Å². The smallest absolute Gasteiger partial charge is 0.136 e. The SMILES string of the molecule is CCn1cncc1CN[S+]([O-])C(C)(C)C. The van der Waals surface area contributed by atoms with Crippen LogP contribution in [-0.4, -0.2) is 18.9 Å². The number of nitrogens with zero attached hydrogens (tertiary/aromatic N) is 2. The molecule has 0 saturated carbocycles. The average Bonchev–Trinajstić information content (AvgIpc) is 2.59. The predicted molar refractivity (Wildman–Crippen MR) is 62.6 cm³/mol. The fraction of sp³-hybridized carbons (Fsp3) is 0.700. The summed E-state index contributed by atoms with van der Waals surface area (Å²) >= 11 is -1.02. The molecule has 1 aromatic rings. The van der Waals surface area contributed by atoms with Crippen LogP contribution in [0.25, 0.3) is 0 Å². The Bertz CT molecular complexity index is 306. The number of hydrogen-bond donors (Lipinski definition) is 1. The third-order valence-electron chi connectivity index (χ3n) is 2.08. The molecule has 0 bridgehead atoms. The van der Waals surface area contributed by atoms with Gasteiger partial charge in [-0.15, -0.1) is 4.72 Å². The van der Waals surface area contributed by atoms with E-state index < -0.39 is 11.4 Å². The van der Waals surface area contributed by atoms with Crippen molar-refractivity contribution in [1.29, 1.82) is 0 Å². The Morgan fingerprint density at radius 2 is 2.20 bits per heavy atom. The largest absolute Gasteiger partial charge is 0.598 e. The third kappa shape index (κ3) is 3.52. The Labute approximate surface area is 94.4 Å². The van der Waals surface area contributed by atoms with E-state index in [0.29, 0.717) is 6.54 Å². The Kier molecular flexibility index (Phi) is 4.19. The molecule has 1 heterocycles. The molecule has 1 N–H and O–H groups in total. The number of rotatable bonds is 4. The van der Waals surface area contributed by atoms with Crippen LogP contribution >= 0.6 is 0 Å². The molecule has 0 aromatic carbocycles. The van der Waals surface area contributed by atoms with Crippen LogP contribution < -0.4 is 4.72 Å². The molecule has 5 heteroatoms. The van der Waals surface area contributed by atoms with E-state index in [1.807, 2.05) is 25.3 Å². The lowest BCUT2D eigenvalue weighted by atomic mass is 10.3. The highest BCUT2D eigenvalue weighted by Gasteiger charge is 2.26. The molecule has 1 aromatic heterocycles. The van der Waals surface area contributed by atoms with E-state index in [2.05, 4.69) is 16.6 Å². The summed E-state index contributed by atoms with van der Waals surface area (Å²) in [5.41, 5.74) is 1.06. The second kappa shape index (κ2) is 5.01. The van der Waals surface area contributed by atoms with E-state index in [9.17, 15) is 4.55 Å². The Morgan fingerprint density at radius 3 is 2.73 bits per heavy atom. The van der Waals surface area contributed by atoms with E-state index in [1.165, 1.54) is 0 Å². The molecule has 0 spiro atoms.